The number of aromatic nitrogens is 1. The quantitative estimate of drug-likeness (QED) is 0.899. The Kier molecular flexibility index (Phi) is 3.52. The second kappa shape index (κ2) is 5.19. The van der Waals surface area contributed by atoms with Gasteiger partial charge in [0.2, 0.25) is 0 Å². The first-order chi connectivity index (χ1) is 9.58. The highest BCUT2D eigenvalue weighted by Gasteiger charge is 2.38. The first kappa shape index (κ1) is 13.6. The van der Waals surface area contributed by atoms with E-state index in [1.165, 1.54) is 0 Å². The highest BCUT2D eigenvalue weighted by molar-refractivity contribution is 5.76. The number of pyridine rings is 1. The molecule has 3 unspecified atom stereocenters. The molecule has 1 fully saturated rings. The number of fused-ring (bicyclic) bond motifs is 1. The van der Waals surface area contributed by atoms with E-state index in [2.05, 4.69) is 24.1 Å². The van der Waals surface area contributed by atoms with E-state index in [1.54, 1.807) is 6.20 Å². The zero-order valence-corrected chi connectivity index (χ0v) is 12.1. The molecule has 0 saturated heterocycles. The Morgan fingerprint density at radius 1 is 1.60 bits per heavy atom. The Labute approximate surface area is 119 Å². The summed E-state index contributed by atoms with van der Waals surface area (Å²) in [6.07, 6.45) is 6.66. The minimum absolute atomic E-state index is 0.0826. The molecule has 2 N–H and O–H groups in total. The second-order valence-corrected chi connectivity index (χ2v) is 6.06. The summed E-state index contributed by atoms with van der Waals surface area (Å²) in [7, 11) is 0. The van der Waals surface area contributed by atoms with Crippen LogP contribution in [0, 0.1) is 5.92 Å². The van der Waals surface area contributed by atoms with Crippen LogP contribution < -0.4 is 5.32 Å². The van der Waals surface area contributed by atoms with E-state index in [4.69, 9.17) is 4.42 Å². The van der Waals surface area contributed by atoms with Crippen LogP contribution in [0.15, 0.2) is 28.9 Å². The van der Waals surface area contributed by atoms with E-state index in [1.807, 2.05) is 18.3 Å². The van der Waals surface area contributed by atoms with Gasteiger partial charge in [-0.3, -0.25) is 4.98 Å². The van der Waals surface area contributed by atoms with E-state index in [0.717, 1.165) is 36.0 Å². The number of hydrogen-bond acceptors (Lipinski definition) is 4. The topological polar surface area (TPSA) is 58.3 Å². The molecule has 2 aromatic heterocycles. The summed E-state index contributed by atoms with van der Waals surface area (Å²) in [6.45, 7) is 4.81. The lowest BCUT2D eigenvalue weighted by molar-refractivity contribution is 0.00748. The fourth-order valence-electron chi connectivity index (χ4n) is 3.04. The number of rotatable bonds is 4. The molecule has 4 nitrogen and oxygen atoms in total. The molecule has 1 saturated carbocycles. The van der Waals surface area contributed by atoms with E-state index >= 15 is 0 Å². The maximum atomic E-state index is 10.6. The van der Waals surface area contributed by atoms with Crippen LogP contribution in [-0.2, 0) is 0 Å². The van der Waals surface area contributed by atoms with Crippen molar-refractivity contribution in [2.75, 3.05) is 6.54 Å². The summed E-state index contributed by atoms with van der Waals surface area (Å²) >= 11 is 0. The van der Waals surface area contributed by atoms with Crippen LogP contribution >= 0.6 is 0 Å². The summed E-state index contributed by atoms with van der Waals surface area (Å²) in [6, 6.07) is 3.97. The normalized spacial score (nSPS) is 28.1. The number of furan rings is 1. The van der Waals surface area contributed by atoms with Crippen molar-refractivity contribution in [2.24, 2.45) is 5.92 Å². The lowest BCUT2D eigenvalue weighted by Gasteiger charge is -2.29. The van der Waals surface area contributed by atoms with Crippen LogP contribution in [0.3, 0.4) is 0 Å². The molecule has 0 bridgehead atoms. The number of nitrogens with zero attached hydrogens (tertiary/aromatic N) is 1. The SMILES string of the molecule is CC(NCC1(O)CCCC1C)c1cc2cnccc2o1. The van der Waals surface area contributed by atoms with Crippen LogP contribution in [0.5, 0.6) is 0 Å². The molecular formula is C16H22N2O2. The van der Waals surface area contributed by atoms with Crippen molar-refractivity contribution in [3.8, 4) is 0 Å². The van der Waals surface area contributed by atoms with Crippen LogP contribution in [-0.4, -0.2) is 22.2 Å². The zero-order valence-electron chi connectivity index (χ0n) is 12.1. The molecule has 1 aliphatic carbocycles. The Morgan fingerprint density at radius 2 is 2.45 bits per heavy atom. The molecule has 108 valence electrons. The molecule has 0 spiro atoms. The summed E-state index contributed by atoms with van der Waals surface area (Å²) in [5.41, 5.74) is 0.290. The maximum absolute atomic E-state index is 10.6. The Balaban J connectivity index is 1.68. The van der Waals surface area contributed by atoms with Gasteiger partial charge in [-0.2, -0.15) is 0 Å². The average molecular weight is 274 g/mol. The standard InChI is InChI=1S/C16H22N2O2/c1-11-4-3-6-16(11,19)10-18-12(2)15-8-13-9-17-7-5-14(13)20-15/h5,7-9,11-12,18-19H,3-4,6,10H2,1-2H3. The van der Waals surface area contributed by atoms with Crippen LogP contribution in [0.2, 0.25) is 0 Å². The van der Waals surface area contributed by atoms with Crippen LogP contribution in [0.25, 0.3) is 11.0 Å². The summed E-state index contributed by atoms with van der Waals surface area (Å²) in [5, 5.41) is 15.0. The molecular weight excluding hydrogens is 252 g/mol. The van der Waals surface area contributed by atoms with Crippen molar-refractivity contribution >= 4 is 11.0 Å². The van der Waals surface area contributed by atoms with Gasteiger partial charge in [0.1, 0.15) is 11.3 Å². The summed E-state index contributed by atoms with van der Waals surface area (Å²) in [4.78, 5) is 4.10. The summed E-state index contributed by atoms with van der Waals surface area (Å²) in [5.74, 6) is 1.25. The molecule has 0 aliphatic heterocycles. The minimum atomic E-state index is -0.568. The van der Waals surface area contributed by atoms with Crippen molar-refractivity contribution < 1.29 is 9.52 Å². The van der Waals surface area contributed by atoms with Gasteiger partial charge in [-0.25, -0.2) is 0 Å². The van der Waals surface area contributed by atoms with Crippen molar-refractivity contribution in [3.63, 3.8) is 0 Å². The number of hydrogen-bond donors (Lipinski definition) is 2. The highest BCUT2D eigenvalue weighted by atomic mass is 16.3. The number of nitrogens with one attached hydrogen (secondary N) is 1. The highest BCUT2D eigenvalue weighted by Crippen LogP contribution is 2.35. The van der Waals surface area contributed by atoms with Gasteiger partial charge in [-0.15, -0.1) is 0 Å². The molecule has 0 amide bonds. The van der Waals surface area contributed by atoms with E-state index in [-0.39, 0.29) is 6.04 Å². The molecule has 0 radical (unpaired) electrons. The monoisotopic (exact) mass is 274 g/mol. The largest absolute Gasteiger partial charge is 0.459 e. The molecule has 4 heteroatoms. The van der Waals surface area contributed by atoms with Gasteiger partial charge in [0.05, 0.1) is 11.6 Å². The van der Waals surface area contributed by atoms with Gasteiger partial charge in [-0.1, -0.05) is 13.3 Å². The van der Waals surface area contributed by atoms with E-state index in [9.17, 15) is 5.11 Å². The summed E-state index contributed by atoms with van der Waals surface area (Å²) < 4.78 is 5.82. The van der Waals surface area contributed by atoms with Gasteiger partial charge in [0.15, 0.2) is 0 Å². The predicted octanol–water partition coefficient (Wildman–Crippen LogP) is 3.03. The van der Waals surface area contributed by atoms with Crippen molar-refractivity contribution in [2.45, 2.75) is 44.8 Å². The molecule has 2 heterocycles. The second-order valence-electron chi connectivity index (χ2n) is 6.06. The smallest absolute Gasteiger partial charge is 0.137 e. The molecule has 20 heavy (non-hydrogen) atoms. The Morgan fingerprint density at radius 3 is 3.15 bits per heavy atom. The van der Waals surface area contributed by atoms with Gasteiger partial charge < -0.3 is 14.8 Å². The Bertz CT molecular complexity index is 562. The minimum Gasteiger partial charge on any atom is -0.459 e. The molecule has 3 rings (SSSR count). The van der Waals surface area contributed by atoms with E-state index in [0.29, 0.717) is 12.5 Å². The first-order valence-electron chi connectivity index (χ1n) is 7.38. The fraction of sp³-hybridized carbons (Fsp3) is 0.562. The molecule has 0 aromatic carbocycles. The third-order valence-corrected chi connectivity index (χ3v) is 4.64. The lowest BCUT2D eigenvalue weighted by atomic mass is 9.92. The molecule has 2 aromatic rings. The van der Waals surface area contributed by atoms with Gasteiger partial charge in [0, 0.05) is 24.3 Å². The fourth-order valence-corrected chi connectivity index (χ4v) is 3.04. The number of aliphatic hydroxyl groups is 1. The van der Waals surface area contributed by atoms with Gasteiger partial charge in [-0.05, 0) is 37.8 Å². The molecule has 3 atom stereocenters. The van der Waals surface area contributed by atoms with Gasteiger partial charge >= 0.3 is 0 Å². The Hall–Kier alpha value is -1.39. The third kappa shape index (κ3) is 2.45. The first-order valence-corrected chi connectivity index (χ1v) is 7.38. The van der Waals surface area contributed by atoms with Crippen LogP contribution in [0.4, 0.5) is 0 Å². The van der Waals surface area contributed by atoms with Gasteiger partial charge in [0.25, 0.3) is 0 Å². The predicted molar refractivity (Wildman–Crippen MR) is 78.4 cm³/mol. The van der Waals surface area contributed by atoms with Crippen LogP contribution in [0.1, 0.15) is 44.9 Å². The third-order valence-electron chi connectivity index (χ3n) is 4.64. The van der Waals surface area contributed by atoms with Crippen molar-refractivity contribution in [3.05, 3.63) is 30.3 Å². The van der Waals surface area contributed by atoms with E-state index < -0.39 is 5.60 Å². The van der Waals surface area contributed by atoms with Crippen molar-refractivity contribution in [1.29, 1.82) is 0 Å². The lowest BCUT2D eigenvalue weighted by Crippen LogP contribution is -2.43. The molecule has 1 aliphatic rings. The van der Waals surface area contributed by atoms with Crippen molar-refractivity contribution in [1.82, 2.24) is 10.3 Å². The maximum Gasteiger partial charge on any atom is 0.137 e. The average Bonchev–Trinajstić information content (AvgIpc) is 3.01. The zero-order chi connectivity index (χ0) is 14.2.